The van der Waals surface area contributed by atoms with Crippen LogP contribution in [0.5, 0.6) is 0 Å². The van der Waals surface area contributed by atoms with E-state index in [1.54, 1.807) is 24.3 Å². The molecule has 19 heavy (non-hydrogen) atoms. The maximum absolute atomic E-state index is 11.6. The zero-order valence-corrected chi connectivity index (χ0v) is 11.2. The third-order valence-electron chi connectivity index (χ3n) is 2.39. The number of carbonyl (C=O) groups is 1. The van der Waals surface area contributed by atoms with Gasteiger partial charge in [0.15, 0.2) is 5.76 Å². The summed E-state index contributed by atoms with van der Waals surface area (Å²) in [6, 6.07) is 8.77. The quantitative estimate of drug-likeness (QED) is 0.882. The van der Waals surface area contributed by atoms with Gasteiger partial charge in [0.25, 0.3) is 0 Å². The molecule has 0 bridgehead atoms. The summed E-state index contributed by atoms with van der Waals surface area (Å²) >= 11 is 5.76. The summed E-state index contributed by atoms with van der Waals surface area (Å²) in [5, 5.41) is 10.1. The largest absolute Gasteiger partial charge is 0.360 e. The van der Waals surface area contributed by atoms with Crippen LogP contribution >= 0.6 is 11.6 Å². The van der Waals surface area contributed by atoms with E-state index in [0.29, 0.717) is 23.0 Å². The Hall–Kier alpha value is -1.85. The Bertz CT molecular complexity index is 551. The molecule has 1 heterocycles. The topological polar surface area (TPSA) is 67.2 Å². The lowest BCUT2D eigenvalue weighted by atomic mass is 10.3. The van der Waals surface area contributed by atoms with Gasteiger partial charge in [0, 0.05) is 16.8 Å². The molecule has 2 N–H and O–H groups in total. The van der Waals surface area contributed by atoms with Crippen molar-refractivity contribution in [3.8, 4) is 0 Å². The van der Waals surface area contributed by atoms with Crippen LogP contribution in [-0.2, 0) is 11.3 Å². The van der Waals surface area contributed by atoms with E-state index < -0.39 is 0 Å². The number of amides is 1. The molecule has 0 atom stereocenters. The van der Waals surface area contributed by atoms with Crippen molar-refractivity contribution in [1.82, 2.24) is 10.5 Å². The minimum absolute atomic E-state index is 0.126. The van der Waals surface area contributed by atoms with E-state index in [4.69, 9.17) is 16.1 Å². The Morgan fingerprint density at radius 1 is 1.37 bits per heavy atom. The predicted molar refractivity (Wildman–Crippen MR) is 73.0 cm³/mol. The lowest BCUT2D eigenvalue weighted by Crippen LogP contribution is -2.27. The monoisotopic (exact) mass is 279 g/mol. The predicted octanol–water partition coefficient (Wildman–Crippen LogP) is 2.36. The standard InChI is InChI=1S/C13H14ClN3O2/c1-9-6-12(19-17-9)7-15-8-13(18)16-11-4-2-10(14)3-5-11/h2-6,15H,7-8H2,1H3,(H,16,18). The molecular weight excluding hydrogens is 266 g/mol. The van der Waals surface area contributed by atoms with Gasteiger partial charge in [0.05, 0.1) is 18.8 Å². The minimum atomic E-state index is -0.126. The summed E-state index contributed by atoms with van der Waals surface area (Å²) in [5.41, 5.74) is 1.54. The van der Waals surface area contributed by atoms with E-state index in [9.17, 15) is 4.79 Å². The van der Waals surface area contributed by atoms with Crippen LogP contribution in [0.25, 0.3) is 0 Å². The highest BCUT2D eigenvalue weighted by atomic mass is 35.5. The van der Waals surface area contributed by atoms with Crippen molar-refractivity contribution in [1.29, 1.82) is 0 Å². The maximum atomic E-state index is 11.6. The number of carbonyl (C=O) groups excluding carboxylic acids is 1. The first-order chi connectivity index (χ1) is 9.13. The molecule has 0 aliphatic rings. The van der Waals surface area contributed by atoms with Crippen molar-refractivity contribution < 1.29 is 9.32 Å². The maximum Gasteiger partial charge on any atom is 0.238 e. The summed E-state index contributed by atoms with van der Waals surface area (Å²) in [7, 11) is 0. The number of anilines is 1. The van der Waals surface area contributed by atoms with Crippen LogP contribution in [0.4, 0.5) is 5.69 Å². The Morgan fingerprint density at radius 3 is 2.74 bits per heavy atom. The molecule has 1 amide bonds. The molecule has 100 valence electrons. The first-order valence-electron chi connectivity index (χ1n) is 5.82. The van der Waals surface area contributed by atoms with E-state index in [1.165, 1.54) is 0 Å². The van der Waals surface area contributed by atoms with Crippen LogP contribution in [0.3, 0.4) is 0 Å². The highest BCUT2D eigenvalue weighted by molar-refractivity contribution is 6.30. The average Bonchev–Trinajstić information content (AvgIpc) is 2.78. The smallest absolute Gasteiger partial charge is 0.238 e. The van der Waals surface area contributed by atoms with Crippen molar-refractivity contribution in [2.24, 2.45) is 0 Å². The second kappa shape index (κ2) is 6.36. The number of halogens is 1. The van der Waals surface area contributed by atoms with Crippen LogP contribution in [0.1, 0.15) is 11.5 Å². The van der Waals surface area contributed by atoms with Gasteiger partial charge in [0.2, 0.25) is 5.91 Å². The minimum Gasteiger partial charge on any atom is -0.360 e. The molecule has 5 nitrogen and oxygen atoms in total. The molecule has 0 aliphatic heterocycles. The fourth-order valence-corrected chi connectivity index (χ4v) is 1.66. The molecule has 1 aromatic heterocycles. The Balaban J connectivity index is 1.74. The summed E-state index contributed by atoms with van der Waals surface area (Å²) in [6.45, 7) is 2.51. The molecule has 6 heteroatoms. The van der Waals surface area contributed by atoms with Gasteiger partial charge in [-0.05, 0) is 31.2 Å². The molecule has 0 spiro atoms. The van der Waals surface area contributed by atoms with Crippen LogP contribution in [0.2, 0.25) is 5.02 Å². The van der Waals surface area contributed by atoms with E-state index in [2.05, 4.69) is 15.8 Å². The summed E-state index contributed by atoms with van der Waals surface area (Å²) in [4.78, 5) is 11.6. The number of hydrogen-bond acceptors (Lipinski definition) is 4. The summed E-state index contributed by atoms with van der Waals surface area (Å²) < 4.78 is 5.02. The summed E-state index contributed by atoms with van der Waals surface area (Å²) in [6.07, 6.45) is 0. The van der Waals surface area contributed by atoms with E-state index in [1.807, 2.05) is 13.0 Å². The van der Waals surface area contributed by atoms with E-state index >= 15 is 0 Å². The number of rotatable bonds is 5. The van der Waals surface area contributed by atoms with E-state index in [0.717, 1.165) is 5.69 Å². The van der Waals surface area contributed by atoms with Crippen LogP contribution < -0.4 is 10.6 Å². The number of benzene rings is 1. The van der Waals surface area contributed by atoms with Crippen molar-refractivity contribution in [3.63, 3.8) is 0 Å². The van der Waals surface area contributed by atoms with Crippen molar-refractivity contribution in [2.45, 2.75) is 13.5 Å². The van der Waals surface area contributed by atoms with Gasteiger partial charge in [-0.3, -0.25) is 4.79 Å². The van der Waals surface area contributed by atoms with Crippen LogP contribution in [-0.4, -0.2) is 17.6 Å². The van der Waals surface area contributed by atoms with Crippen molar-refractivity contribution in [2.75, 3.05) is 11.9 Å². The molecule has 0 saturated heterocycles. The van der Waals surface area contributed by atoms with Gasteiger partial charge in [-0.1, -0.05) is 16.8 Å². The lowest BCUT2D eigenvalue weighted by Gasteiger charge is -2.05. The van der Waals surface area contributed by atoms with Gasteiger partial charge in [-0.25, -0.2) is 0 Å². The molecule has 0 aliphatic carbocycles. The number of aromatic nitrogens is 1. The Labute approximate surface area is 115 Å². The van der Waals surface area contributed by atoms with Gasteiger partial charge >= 0.3 is 0 Å². The second-order valence-corrected chi connectivity index (χ2v) is 4.53. The normalized spacial score (nSPS) is 10.4. The molecule has 2 rings (SSSR count). The molecule has 0 radical (unpaired) electrons. The fourth-order valence-electron chi connectivity index (χ4n) is 1.54. The molecule has 0 fully saturated rings. The van der Waals surface area contributed by atoms with Crippen LogP contribution in [0, 0.1) is 6.92 Å². The molecule has 0 saturated carbocycles. The molecular formula is C13H14ClN3O2. The summed E-state index contributed by atoms with van der Waals surface area (Å²) in [5.74, 6) is 0.579. The highest BCUT2D eigenvalue weighted by Crippen LogP contribution is 2.13. The lowest BCUT2D eigenvalue weighted by molar-refractivity contribution is -0.115. The average molecular weight is 280 g/mol. The SMILES string of the molecule is Cc1cc(CNCC(=O)Nc2ccc(Cl)cc2)on1. The molecule has 2 aromatic rings. The number of hydrogen-bond donors (Lipinski definition) is 2. The van der Waals surface area contributed by atoms with Gasteiger partial charge in [-0.15, -0.1) is 0 Å². The van der Waals surface area contributed by atoms with Gasteiger partial charge < -0.3 is 15.2 Å². The highest BCUT2D eigenvalue weighted by Gasteiger charge is 2.04. The zero-order valence-electron chi connectivity index (χ0n) is 10.4. The third kappa shape index (κ3) is 4.39. The van der Waals surface area contributed by atoms with Gasteiger partial charge in [-0.2, -0.15) is 0 Å². The zero-order chi connectivity index (χ0) is 13.7. The van der Waals surface area contributed by atoms with E-state index in [-0.39, 0.29) is 12.5 Å². The van der Waals surface area contributed by atoms with Gasteiger partial charge in [0.1, 0.15) is 0 Å². The number of nitrogens with one attached hydrogen (secondary N) is 2. The number of nitrogens with zero attached hydrogens (tertiary/aromatic N) is 1. The third-order valence-corrected chi connectivity index (χ3v) is 2.64. The molecule has 0 unspecified atom stereocenters. The fraction of sp³-hybridized carbons (Fsp3) is 0.231. The van der Waals surface area contributed by atoms with Crippen molar-refractivity contribution in [3.05, 3.63) is 46.8 Å². The number of aryl methyl sites for hydroxylation is 1. The second-order valence-electron chi connectivity index (χ2n) is 4.09. The first-order valence-corrected chi connectivity index (χ1v) is 6.19. The van der Waals surface area contributed by atoms with Crippen LogP contribution in [0.15, 0.2) is 34.9 Å². The Kier molecular flexibility index (Phi) is 4.54. The Morgan fingerprint density at radius 2 is 2.11 bits per heavy atom. The molecule has 1 aromatic carbocycles. The first kappa shape index (κ1) is 13.6. The van der Waals surface area contributed by atoms with Crippen molar-refractivity contribution >= 4 is 23.2 Å².